The summed E-state index contributed by atoms with van der Waals surface area (Å²) in [5.41, 5.74) is 1.45. The lowest BCUT2D eigenvalue weighted by Crippen LogP contribution is -2.32. The zero-order valence-corrected chi connectivity index (χ0v) is 20.4. The number of benzene rings is 2. The van der Waals surface area contributed by atoms with E-state index in [1.165, 1.54) is 4.31 Å². The summed E-state index contributed by atoms with van der Waals surface area (Å²) in [5.74, 6) is 0.762. The molecule has 0 N–H and O–H groups in total. The zero-order chi connectivity index (χ0) is 24.2. The monoisotopic (exact) mass is 473 g/mol. The van der Waals surface area contributed by atoms with Crippen LogP contribution in [0.15, 0.2) is 59.6 Å². The molecule has 0 bridgehead atoms. The Morgan fingerprint density at radius 3 is 2.36 bits per heavy atom. The topological polar surface area (TPSA) is 82.1 Å². The summed E-state index contributed by atoms with van der Waals surface area (Å²) in [5, 5.41) is 0. The van der Waals surface area contributed by atoms with Crippen molar-refractivity contribution in [1.29, 1.82) is 0 Å². The fourth-order valence-electron chi connectivity index (χ4n) is 4.32. The van der Waals surface area contributed by atoms with E-state index in [4.69, 9.17) is 14.2 Å². The number of sulfonamides is 1. The average molecular weight is 474 g/mol. The highest BCUT2D eigenvalue weighted by molar-refractivity contribution is 7.89. The molecule has 33 heavy (non-hydrogen) atoms. The second kappa shape index (κ2) is 9.87. The molecular weight excluding hydrogens is 442 g/mol. The molecule has 3 rings (SSSR count). The highest BCUT2D eigenvalue weighted by atomic mass is 32.2. The van der Waals surface area contributed by atoms with Gasteiger partial charge in [0.25, 0.3) is 10.0 Å². The molecule has 0 radical (unpaired) electrons. The van der Waals surface area contributed by atoms with Crippen LogP contribution in [-0.2, 0) is 25.0 Å². The van der Waals surface area contributed by atoms with Crippen molar-refractivity contribution in [2.75, 3.05) is 27.4 Å². The van der Waals surface area contributed by atoms with Gasteiger partial charge in [0, 0.05) is 24.1 Å². The van der Waals surface area contributed by atoms with Crippen molar-refractivity contribution in [3.63, 3.8) is 0 Å². The van der Waals surface area contributed by atoms with Gasteiger partial charge in [-0.3, -0.25) is 9.10 Å². The molecule has 2 aromatic carbocycles. The van der Waals surface area contributed by atoms with Gasteiger partial charge < -0.3 is 14.2 Å². The Kier molecular flexibility index (Phi) is 7.37. The van der Waals surface area contributed by atoms with Crippen molar-refractivity contribution in [3.8, 4) is 11.5 Å². The highest BCUT2D eigenvalue weighted by Gasteiger charge is 2.47. The molecule has 2 aromatic rings. The maximum absolute atomic E-state index is 13.5. The number of rotatable bonds is 9. The first-order valence-electron chi connectivity index (χ1n) is 10.9. The van der Waals surface area contributed by atoms with Crippen LogP contribution in [0, 0.1) is 6.92 Å². The normalized spacial score (nSPS) is 18.3. The van der Waals surface area contributed by atoms with Gasteiger partial charge in [0.2, 0.25) is 0 Å². The highest BCUT2D eigenvalue weighted by Crippen LogP contribution is 2.49. The fraction of sp³-hybridized carbons (Fsp3) is 0.400. The molecule has 1 heterocycles. The van der Waals surface area contributed by atoms with Gasteiger partial charge in [0.15, 0.2) is 11.5 Å². The van der Waals surface area contributed by atoms with Gasteiger partial charge in [-0.1, -0.05) is 30.3 Å². The van der Waals surface area contributed by atoms with Gasteiger partial charge in [-0.15, -0.1) is 0 Å². The number of aryl methyl sites for hydroxylation is 1. The van der Waals surface area contributed by atoms with Crippen LogP contribution in [0.5, 0.6) is 11.5 Å². The smallest absolute Gasteiger partial charge is 0.305 e. The largest absolute Gasteiger partial charge is 0.493 e. The molecule has 0 unspecified atom stereocenters. The summed E-state index contributed by atoms with van der Waals surface area (Å²) in [6, 6.07) is 12.2. The summed E-state index contributed by atoms with van der Waals surface area (Å²) < 4.78 is 44.3. The quantitative estimate of drug-likeness (QED) is 0.508. The maximum atomic E-state index is 13.5. The van der Waals surface area contributed by atoms with Crippen LogP contribution in [0.2, 0.25) is 0 Å². The third-order valence-electron chi connectivity index (χ3n) is 6.20. The van der Waals surface area contributed by atoms with Crippen molar-refractivity contribution in [2.24, 2.45) is 0 Å². The fourth-order valence-corrected chi connectivity index (χ4v) is 5.85. The Hall–Kier alpha value is -3.00. The van der Waals surface area contributed by atoms with Crippen LogP contribution in [0.25, 0.3) is 0 Å². The molecule has 7 nitrogen and oxygen atoms in total. The van der Waals surface area contributed by atoms with E-state index in [1.807, 2.05) is 19.1 Å². The Morgan fingerprint density at radius 2 is 1.76 bits per heavy atom. The van der Waals surface area contributed by atoms with E-state index >= 15 is 0 Å². The predicted molar refractivity (Wildman–Crippen MR) is 126 cm³/mol. The maximum Gasteiger partial charge on any atom is 0.305 e. The third kappa shape index (κ3) is 4.71. The summed E-state index contributed by atoms with van der Waals surface area (Å²) in [4.78, 5) is 12.4. The van der Waals surface area contributed by atoms with E-state index in [0.29, 0.717) is 30.0 Å². The van der Waals surface area contributed by atoms with E-state index in [-0.39, 0.29) is 30.4 Å². The van der Waals surface area contributed by atoms with Crippen molar-refractivity contribution in [3.05, 3.63) is 65.9 Å². The van der Waals surface area contributed by atoms with E-state index in [9.17, 15) is 13.2 Å². The van der Waals surface area contributed by atoms with Crippen LogP contribution in [0.1, 0.15) is 37.3 Å². The van der Waals surface area contributed by atoms with Crippen molar-refractivity contribution < 1.29 is 27.4 Å². The predicted octanol–water partition coefficient (Wildman–Crippen LogP) is 4.20. The first-order valence-corrected chi connectivity index (χ1v) is 12.3. The zero-order valence-electron chi connectivity index (χ0n) is 19.6. The van der Waals surface area contributed by atoms with Crippen molar-refractivity contribution in [1.82, 2.24) is 4.31 Å². The van der Waals surface area contributed by atoms with E-state index in [2.05, 4.69) is 6.58 Å². The second-order valence-corrected chi connectivity index (χ2v) is 9.91. The van der Waals surface area contributed by atoms with Crippen molar-refractivity contribution in [2.45, 2.75) is 43.4 Å². The van der Waals surface area contributed by atoms with Gasteiger partial charge in [-0.25, -0.2) is 8.42 Å². The van der Waals surface area contributed by atoms with Crippen LogP contribution in [0.4, 0.5) is 0 Å². The number of methoxy groups -OCH3 is 2. The molecule has 0 aliphatic carbocycles. The molecule has 8 heteroatoms. The first kappa shape index (κ1) is 24.6. The van der Waals surface area contributed by atoms with Crippen LogP contribution < -0.4 is 9.47 Å². The standard InChI is InChI=1S/C25H31NO6S/c1-6-32-24(27)13-14-25(20-9-12-22(30-4)23(17-20)31-5)15-16-26(19(25)3)33(28,29)21-10-7-18(2)8-11-21/h7-12,17H,3,6,13-16H2,1-2,4-5H3/t25-/m0/s1. The van der Waals surface area contributed by atoms with Gasteiger partial charge in [0.1, 0.15) is 0 Å². The van der Waals surface area contributed by atoms with Gasteiger partial charge >= 0.3 is 5.97 Å². The third-order valence-corrected chi connectivity index (χ3v) is 8.05. The summed E-state index contributed by atoms with van der Waals surface area (Å²) in [6.45, 7) is 8.43. The summed E-state index contributed by atoms with van der Waals surface area (Å²) in [7, 11) is -0.699. The molecule has 1 fully saturated rings. The van der Waals surface area contributed by atoms with Gasteiger partial charge in [-0.05, 0) is 56.5 Å². The van der Waals surface area contributed by atoms with Crippen LogP contribution in [-0.4, -0.2) is 46.1 Å². The molecule has 1 saturated heterocycles. The molecular formula is C25H31NO6S. The van der Waals surface area contributed by atoms with Gasteiger partial charge in [-0.2, -0.15) is 0 Å². The van der Waals surface area contributed by atoms with Gasteiger partial charge in [0.05, 0.1) is 25.7 Å². The SMILES string of the molecule is C=C1N(S(=O)(=O)c2ccc(C)cc2)CC[C@]1(CCC(=O)OCC)c1ccc(OC)c(OC)c1. The number of hydrogen-bond acceptors (Lipinski definition) is 6. The molecule has 1 aliphatic rings. The molecule has 1 aliphatic heterocycles. The summed E-state index contributed by atoms with van der Waals surface area (Å²) >= 11 is 0. The average Bonchev–Trinajstić information content (AvgIpc) is 3.15. The number of ether oxygens (including phenoxy) is 3. The van der Waals surface area contributed by atoms with E-state index < -0.39 is 15.4 Å². The van der Waals surface area contributed by atoms with Crippen molar-refractivity contribution >= 4 is 16.0 Å². The van der Waals surface area contributed by atoms with E-state index in [0.717, 1.165) is 11.1 Å². The molecule has 0 amide bonds. The number of allylic oxidation sites excluding steroid dienone is 1. The lowest BCUT2D eigenvalue weighted by molar-refractivity contribution is -0.143. The minimum atomic E-state index is -3.80. The Bertz CT molecular complexity index is 1130. The van der Waals surface area contributed by atoms with Crippen LogP contribution in [0.3, 0.4) is 0 Å². The number of carbonyl (C=O) groups excluding carboxylic acids is 1. The lowest BCUT2D eigenvalue weighted by atomic mass is 9.74. The lowest BCUT2D eigenvalue weighted by Gasteiger charge is -2.33. The molecule has 0 saturated carbocycles. The Labute approximate surface area is 196 Å². The molecule has 0 spiro atoms. The second-order valence-electron chi connectivity index (χ2n) is 8.04. The molecule has 0 aromatic heterocycles. The van der Waals surface area contributed by atoms with E-state index in [1.54, 1.807) is 51.5 Å². The minimum absolute atomic E-state index is 0.139. The van der Waals surface area contributed by atoms with Crippen LogP contribution >= 0.6 is 0 Å². The molecule has 178 valence electrons. The summed E-state index contributed by atoms with van der Waals surface area (Å²) in [6.07, 6.45) is 0.978. The number of carbonyl (C=O) groups is 1. The number of esters is 1. The minimum Gasteiger partial charge on any atom is -0.493 e. The number of nitrogens with zero attached hydrogens (tertiary/aromatic N) is 1. The Morgan fingerprint density at radius 1 is 1.09 bits per heavy atom. The molecule has 1 atom stereocenters. The first-order chi connectivity index (χ1) is 15.7. The Balaban J connectivity index is 2.04. The number of hydrogen-bond donors (Lipinski definition) is 0.